The Bertz CT molecular complexity index is 716. The number of carbonyl (C=O) groups excluding carboxylic acids is 2. The molecule has 24 heavy (non-hydrogen) atoms. The Morgan fingerprint density at radius 3 is 2.46 bits per heavy atom. The third-order valence-electron chi connectivity index (χ3n) is 3.36. The zero-order valence-corrected chi connectivity index (χ0v) is 14.6. The Morgan fingerprint density at radius 1 is 1.12 bits per heavy atom. The zero-order chi connectivity index (χ0) is 17.5. The number of methoxy groups -OCH3 is 1. The number of ether oxygens (including phenoxy) is 1. The van der Waals surface area contributed by atoms with Gasteiger partial charge in [0.25, 0.3) is 5.91 Å². The van der Waals surface area contributed by atoms with E-state index in [1.165, 1.54) is 11.8 Å². The highest BCUT2D eigenvalue weighted by atomic mass is 32.2. The Kier molecular flexibility index (Phi) is 6.26. The predicted molar refractivity (Wildman–Crippen MR) is 96.8 cm³/mol. The predicted octanol–water partition coefficient (Wildman–Crippen LogP) is 3.17. The fourth-order valence-electron chi connectivity index (χ4n) is 2.04. The first-order chi connectivity index (χ1) is 11.5. The number of nitrogens with one attached hydrogen (secondary N) is 2. The SMILES string of the molecule is CNC(=O)c1cccc(NC(=O)C(C)Sc2ccc(OC)cc2)c1. The topological polar surface area (TPSA) is 67.4 Å². The molecule has 0 fully saturated rings. The van der Waals surface area contributed by atoms with Crippen molar-refractivity contribution >= 4 is 29.3 Å². The van der Waals surface area contributed by atoms with Crippen LogP contribution in [0.4, 0.5) is 5.69 Å². The summed E-state index contributed by atoms with van der Waals surface area (Å²) in [6.45, 7) is 1.84. The van der Waals surface area contributed by atoms with Crippen LogP contribution in [0, 0.1) is 0 Å². The van der Waals surface area contributed by atoms with Crippen LogP contribution in [0.1, 0.15) is 17.3 Å². The molecule has 0 heterocycles. The van der Waals surface area contributed by atoms with Crippen molar-refractivity contribution in [3.8, 4) is 5.75 Å². The molecular weight excluding hydrogens is 324 g/mol. The van der Waals surface area contributed by atoms with Crippen molar-refractivity contribution < 1.29 is 14.3 Å². The summed E-state index contributed by atoms with van der Waals surface area (Å²) in [6, 6.07) is 14.4. The first-order valence-corrected chi connectivity index (χ1v) is 8.35. The van der Waals surface area contributed by atoms with E-state index >= 15 is 0 Å². The van der Waals surface area contributed by atoms with Gasteiger partial charge < -0.3 is 15.4 Å². The van der Waals surface area contributed by atoms with E-state index < -0.39 is 0 Å². The number of carbonyl (C=O) groups is 2. The quantitative estimate of drug-likeness (QED) is 0.790. The summed E-state index contributed by atoms with van der Waals surface area (Å²) in [5, 5.41) is 5.12. The fourth-order valence-corrected chi connectivity index (χ4v) is 2.91. The second-order valence-electron chi connectivity index (χ2n) is 5.08. The maximum absolute atomic E-state index is 12.3. The average Bonchev–Trinajstić information content (AvgIpc) is 2.61. The van der Waals surface area contributed by atoms with Gasteiger partial charge in [0.15, 0.2) is 0 Å². The summed E-state index contributed by atoms with van der Waals surface area (Å²) in [5.41, 5.74) is 1.11. The number of hydrogen-bond donors (Lipinski definition) is 2. The van der Waals surface area contributed by atoms with Gasteiger partial charge in [0, 0.05) is 23.2 Å². The van der Waals surface area contributed by atoms with Crippen molar-refractivity contribution in [3.63, 3.8) is 0 Å². The number of amides is 2. The van der Waals surface area contributed by atoms with Gasteiger partial charge in [-0.3, -0.25) is 9.59 Å². The number of benzene rings is 2. The van der Waals surface area contributed by atoms with Gasteiger partial charge in [0.05, 0.1) is 12.4 Å². The molecule has 0 saturated carbocycles. The van der Waals surface area contributed by atoms with E-state index in [2.05, 4.69) is 10.6 Å². The van der Waals surface area contributed by atoms with Gasteiger partial charge in [-0.15, -0.1) is 11.8 Å². The van der Waals surface area contributed by atoms with E-state index in [9.17, 15) is 9.59 Å². The second kappa shape index (κ2) is 8.40. The summed E-state index contributed by atoms with van der Waals surface area (Å²) in [5.74, 6) is 0.471. The molecular formula is C18H20N2O3S. The Morgan fingerprint density at radius 2 is 1.83 bits per heavy atom. The Labute approximate surface area is 145 Å². The van der Waals surface area contributed by atoms with E-state index in [1.54, 1.807) is 38.4 Å². The van der Waals surface area contributed by atoms with E-state index in [1.807, 2.05) is 31.2 Å². The van der Waals surface area contributed by atoms with E-state index in [4.69, 9.17) is 4.74 Å². The van der Waals surface area contributed by atoms with Crippen LogP contribution >= 0.6 is 11.8 Å². The minimum atomic E-state index is -0.276. The zero-order valence-electron chi connectivity index (χ0n) is 13.8. The molecule has 0 spiro atoms. The molecule has 5 nitrogen and oxygen atoms in total. The van der Waals surface area contributed by atoms with Crippen LogP contribution in [0.25, 0.3) is 0 Å². The molecule has 2 aromatic carbocycles. The average molecular weight is 344 g/mol. The van der Waals surface area contributed by atoms with Crippen molar-refractivity contribution in [1.29, 1.82) is 0 Å². The van der Waals surface area contributed by atoms with Gasteiger partial charge in [-0.2, -0.15) is 0 Å². The van der Waals surface area contributed by atoms with Crippen LogP contribution in [0.15, 0.2) is 53.4 Å². The smallest absolute Gasteiger partial charge is 0.251 e. The number of rotatable bonds is 6. The van der Waals surface area contributed by atoms with Crippen molar-refractivity contribution in [2.45, 2.75) is 17.1 Å². The largest absolute Gasteiger partial charge is 0.497 e. The summed E-state index contributed by atoms with van der Waals surface area (Å²) in [4.78, 5) is 25.0. The highest BCUT2D eigenvalue weighted by Gasteiger charge is 2.15. The highest BCUT2D eigenvalue weighted by molar-refractivity contribution is 8.00. The first-order valence-electron chi connectivity index (χ1n) is 7.47. The molecule has 6 heteroatoms. The van der Waals surface area contributed by atoms with Crippen LogP contribution in [0.2, 0.25) is 0 Å². The number of thioether (sulfide) groups is 1. The van der Waals surface area contributed by atoms with Crippen LogP contribution < -0.4 is 15.4 Å². The summed E-state index contributed by atoms with van der Waals surface area (Å²) in [7, 11) is 3.19. The number of anilines is 1. The van der Waals surface area contributed by atoms with Gasteiger partial charge in [0.2, 0.25) is 5.91 Å². The van der Waals surface area contributed by atoms with Crippen molar-refractivity contribution in [1.82, 2.24) is 5.32 Å². The molecule has 1 unspecified atom stereocenters. The molecule has 0 aliphatic heterocycles. The minimum Gasteiger partial charge on any atom is -0.497 e. The normalized spacial score (nSPS) is 11.5. The Hall–Kier alpha value is -2.47. The molecule has 1 atom stereocenters. The van der Waals surface area contributed by atoms with Gasteiger partial charge in [-0.1, -0.05) is 6.07 Å². The molecule has 126 valence electrons. The van der Waals surface area contributed by atoms with Crippen LogP contribution in [-0.4, -0.2) is 31.2 Å². The van der Waals surface area contributed by atoms with Crippen LogP contribution in [-0.2, 0) is 4.79 Å². The van der Waals surface area contributed by atoms with E-state index in [0.717, 1.165) is 10.6 Å². The van der Waals surface area contributed by atoms with Gasteiger partial charge in [-0.25, -0.2) is 0 Å². The van der Waals surface area contributed by atoms with Crippen molar-refractivity contribution in [2.75, 3.05) is 19.5 Å². The van der Waals surface area contributed by atoms with Crippen LogP contribution in [0.3, 0.4) is 0 Å². The maximum Gasteiger partial charge on any atom is 0.251 e. The molecule has 2 amide bonds. The van der Waals surface area contributed by atoms with Crippen molar-refractivity contribution in [3.05, 3.63) is 54.1 Å². The molecule has 2 aromatic rings. The minimum absolute atomic E-state index is 0.120. The lowest BCUT2D eigenvalue weighted by atomic mass is 10.2. The summed E-state index contributed by atoms with van der Waals surface area (Å²) >= 11 is 1.46. The van der Waals surface area contributed by atoms with Crippen LogP contribution in [0.5, 0.6) is 5.75 Å². The lowest BCUT2D eigenvalue weighted by Crippen LogP contribution is -2.23. The molecule has 0 aliphatic rings. The molecule has 0 aliphatic carbocycles. The lowest BCUT2D eigenvalue weighted by molar-refractivity contribution is -0.115. The van der Waals surface area contributed by atoms with Crippen molar-refractivity contribution in [2.24, 2.45) is 0 Å². The summed E-state index contributed by atoms with van der Waals surface area (Å²) < 4.78 is 5.12. The molecule has 0 aromatic heterocycles. The van der Waals surface area contributed by atoms with Gasteiger partial charge in [0.1, 0.15) is 5.75 Å². The molecule has 0 saturated heterocycles. The summed E-state index contributed by atoms with van der Waals surface area (Å²) in [6.07, 6.45) is 0. The third kappa shape index (κ3) is 4.76. The number of hydrogen-bond acceptors (Lipinski definition) is 4. The standard InChI is InChI=1S/C18H20N2O3S/c1-12(24-16-9-7-15(23-3)8-10-16)17(21)20-14-6-4-5-13(11-14)18(22)19-2/h4-12H,1-3H3,(H,19,22)(H,20,21). The van der Waals surface area contributed by atoms with E-state index in [-0.39, 0.29) is 17.1 Å². The lowest BCUT2D eigenvalue weighted by Gasteiger charge is -2.13. The first kappa shape index (κ1) is 17.9. The monoisotopic (exact) mass is 344 g/mol. The molecule has 2 N–H and O–H groups in total. The van der Waals surface area contributed by atoms with Gasteiger partial charge >= 0.3 is 0 Å². The molecule has 0 bridgehead atoms. The van der Waals surface area contributed by atoms with E-state index in [0.29, 0.717) is 11.3 Å². The Balaban J connectivity index is 1.99. The maximum atomic E-state index is 12.3. The fraction of sp³-hybridized carbons (Fsp3) is 0.222. The highest BCUT2D eigenvalue weighted by Crippen LogP contribution is 2.26. The third-order valence-corrected chi connectivity index (χ3v) is 4.47. The molecule has 2 rings (SSSR count). The molecule has 0 radical (unpaired) electrons. The van der Waals surface area contributed by atoms with Gasteiger partial charge in [-0.05, 0) is 49.4 Å². The second-order valence-corrected chi connectivity index (χ2v) is 6.50.